The first-order valence-corrected chi connectivity index (χ1v) is 8.96. The second kappa shape index (κ2) is 5.49. The molecule has 2 fully saturated rings. The number of H-pyrrole nitrogens is 1. The van der Waals surface area contributed by atoms with Gasteiger partial charge in [-0.1, -0.05) is 23.7 Å². The zero-order valence-corrected chi connectivity index (χ0v) is 14.1. The number of aromatic amines is 1. The number of fused-ring (bicyclic) bond motifs is 1. The van der Waals surface area contributed by atoms with Crippen molar-refractivity contribution in [3.8, 4) is 0 Å². The Labute approximate surface area is 145 Å². The molecule has 24 heavy (non-hydrogen) atoms. The zero-order valence-electron chi connectivity index (χ0n) is 13.3. The average Bonchev–Trinajstić information content (AvgIpc) is 3.17. The van der Waals surface area contributed by atoms with Gasteiger partial charge in [0.25, 0.3) is 0 Å². The van der Waals surface area contributed by atoms with E-state index in [2.05, 4.69) is 38.3 Å². The SMILES string of the molecule is Clc1ccc(C2CCCN2c2[c]cnc3[nH]nc(C4CC4)c23)cc1. The topological polar surface area (TPSA) is 44.8 Å². The molecule has 3 heterocycles. The lowest BCUT2D eigenvalue weighted by Gasteiger charge is -2.27. The van der Waals surface area contributed by atoms with Gasteiger partial charge in [-0.25, -0.2) is 4.98 Å². The second-order valence-corrected chi connectivity index (χ2v) is 7.20. The number of pyridine rings is 1. The van der Waals surface area contributed by atoms with Crippen molar-refractivity contribution in [2.45, 2.75) is 37.6 Å². The molecule has 1 atom stereocenters. The molecule has 4 nitrogen and oxygen atoms in total. The number of rotatable bonds is 3. The van der Waals surface area contributed by atoms with Gasteiger partial charge >= 0.3 is 0 Å². The number of benzene rings is 1. The number of halogens is 1. The van der Waals surface area contributed by atoms with Crippen molar-refractivity contribution in [3.63, 3.8) is 0 Å². The van der Waals surface area contributed by atoms with E-state index in [1.165, 1.54) is 35.9 Å². The monoisotopic (exact) mass is 337 g/mol. The molecule has 1 aromatic carbocycles. The summed E-state index contributed by atoms with van der Waals surface area (Å²) >= 11 is 6.06. The highest BCUT2D eigenvalue weighted by atomic mass is 35.5. The fraction of sp³-hybridized carbons (Fsp3) is 0.368. The lowest BCUT2D eigenvalue weighted by Crippen LogP contribution is -2.23. The minimum Gasteiger partial charge on any atom is -0.363 e. The van der Waals surface area contributed by atoms with E-state index in [1.807, 2.05) is 12.1 Å². The summed E-state index contributed by atoms with van der Waals surface area (Å²) in [5, 5.41) is 9.61. The van der Waals surface area contributed by atoms with Crippen molar-refractivity contribution in [1.29, 1.82) is 0 Å². The Balaban J connectivity index is 1.61. The number of anilines is 1. The maximum Gasteiger partial charge on any atom is 0.157 e. The van der Waals surface area contributed by atoms with Gasteiger partial charge in [0.05, 0.1) is 22.8 Å². The Morgan fingerprint density at radius 2 is 2.00 bits per heavy atom. The molecule has 1 radical (unpaired) electrons. The summed E-state index contributed by atoms with van der Waals surface area (Å²) in [4.78, 5) is 6.90. The fourth-order valence-corrected chi connectivity index (χ4v) is 3.97. The van der Waals surface area contributed by atoms with E-state index < -0.39 is 0 Å². The van der Waals surface area contributed by atoms with Crippen LogP contribution in [0.15, 0.2) is 30.5 Å². The van der Waals surface area contributed by atoms with Crippen LogP contribution in [0.2, 0.25) is 5.02 Å². The molecule has 1 saturated heterocycles. The summed E-state index contributed by atoms with van der Waals surface area (Å²) in [6.07, 6.45) is 6.56. The molecule has 1 unspecified atom stereocenters. The molecule has 2 aromatic heterocycles. The first kappa shape index (κ1) is 14.3. The molecule has 5 rings (SSSR count). The third-order valence-corrected chi connectivity index (χ3v) is 5.42. The van der Waals surface area contributed by atoms with Crippen molar-refractivity contribution >= 4 is 28.3 Å². The highest BCUT2D eigenvalue weighted by Crippen LogP contribution is 2.46. The van der Waals surface area contributed by atoms with Crippen LogP contribution < -0.4 is 4.90 Å². The molecule has 5 heteroatoms. The van der Waals surface area contributed by atoms with E-state index in [-0.39, 0.29) is 0 Å². The lowest BCUT2D eigenvalue weighted by atomic mass is 10.0. The molecular formula is C19H18ClN4. The third kappa shape index (κ3) is 2.28. The van der Waals surface area contributed by atoms with E-state index >= 15 is 0 Å². The average molecular weight is 338 g/mol. The van der Waals surface area contributed by atoms with Gasteiger partial charge in [0.1, 0.15) is 0 Å². The predicted molar refractivity (Wildman–Crippen MR) is 95.5 cm³/mol. The predicted octanol–water partition coefficient (Wildman–Crippen LogP) is 4.63. The fourth-order valence-electron chi connectivity index (χ4n) is 3.85. The van der Waals surface area contributed by atoms with Crippen LogP contribution in [0.4, 0.5) is 5.69 Å². The van der Waals surface area contributed by atoms with Crippen LogP contribution in [0.1, 0.15) is 48.9 Å². The molecule has 1 aliphatic heterocycles. The molecule has 3 aromatic rings. The summed E-state index contributed by atoms with van der Waals surface area (Å²) in [5.74, 6) is 0.590. The Morgan fingerprint density at radius 1 is 1.17 bits per heavy atom. The van der Waals surface area contributed by atoms with E-state index in [0.717, 1.165) is 29.3 Å². The quantitative estimate of drug-likeness (QED) is 0.757. The van der Waals surface area contributed by atoms with Gasteiger partial charge in [0.2, 0.25) is 0 Å². The summed E-state index contributed by atoms with van der Waals surface area (Å²) in [5.41, 5.74) is 4.51. The molecule has 0 spiro atoms. The maximum atomic E-state index is 6.06. The molecule has 2 aliphatic rings. The molecule has 0 amide bonds. The standard InChI is InChI=1S/C19H18ClN4/c20-14-7-5-12(6-8-14)15-2-1-11-24(15)16-9-10-21-19-17(16)18(22-23-19)13-3-4-13/h5-8,10,13,15H,1-4,11H2,(H,21,22,23). The van der Waals surface area contributed by atoms with Crippen LogP contribution in [0, 0.1) is 6.07 Å². The van der Waals surface area contributed by atoms with Crippen molar-refractivity contribution in [2.24, 2.45) is 0 Å². The van der Waals surface area contributed by atoms with E-state index in [4.69, 9.17) is 11.6 Å². The molecule has 121 valence electrons. The van der Waals surface area contributed by atoms with Crippen molar-refractivity contribution in [2.75, 3.05) is 11.4 Å². The number of hydrogen-bond donors (Lipinski definition) is 1. The van der Waals surface area contributed by atoms with Crippen LogP contribution in [-0.2, 0) is 0 Å². The molecular weight excluding hydrogens is 320 g/mol. The lowest BCUT2D eigenvalue weighted by molar-refractivity contribution is 0.720. The minimum absolute atomic E-state index is 0.367. The van der Waals surface area contributed by atoms with Gasteiger partial charge in [0, 0.05) is 29.7 Å². The summed E-state index contributed by atoms with van der Waals surface area (Å²) in [6.45, 7) is 1.04. The second-order valence-electron chi connectivity index (χ2n) is 6.76. The van der Waals surface area contributed by atoms with Gasteiger partial charge in [-0.05, 0) is 43.4 Å². The van der Waals surface area contributed by atoms with Crippen molar-refractivity contribution < 1.29 is 0 Å². The van der Waals surface area contributed by atoms with Gasteiger partial charge in [-0.3, -0.25) is 5.10 Å². The van der Waals surface area contributed by atoms with E-state index in [0.29, 0.717) is 12.0 Å². The molecule has 0 bridgehead atoms. The van der Waals surface area contributed by atoms with Crippen LogP contribution in [0.3, 0.4) is 0 Å². The number of aromatic nitrogens is 3. The number of nitrogens with zero attached hydrogens (tertiary/aromatic N) is 3. The summed E-state index contributed by atoms with van der Waals surface area (Å²) in [6, 6.07) is 12.0. The first-order chi connectivity index (χ1) is 11.8. The molecule has 1 saturated carbocycles. The molecule has 1 N–H and O–H groups in total. The van der Waals surface area contributed by atoms with Gasteiger partial charge in [-0.2, -0.15) is 5.10 Å². The number of hydrogen-bond acceptors (Lipinski definition) is 3. The van der Waals surface area contributed by atoms with Crippen molar-refractivity contribution in [1.82, 2.24) is 15.2 Å². The highest BCUT2D eigenvalue weighted by molar-refractivity contribution is 6.30. The minimum atomic E-state index is 0.367. The van der Waals surface area contributed by atoms with Crippen molar-refractivity contribution in [3.05, 3.63) is 52.8 Å². The maximum absolute atomic E-state index is 6.06. The summed E-state index contributed by atoms with van der Waals surface area (Å²) < 4.78 is 0. The third-order valence-electron chi connectivity index (χ3n) is 5.17. The van der Waals surface area contributed by atoms with E-state index in [1.54, 1.807) is 6.20 Å². The van der Waals surface area contributed by atoms with Crippen LogP contribution in [0.25, 0.3) is 11.0 Å². The zero-order chi connectivity index (χ0) is 16.1. The molecule has 1 aliphatic carbocycles. The van der Waals surface area contributed by atoms with E-state index in [9.17, 15) is 0 Å². The van der Waals surface area contributed by atoms with Gasteiger partial charge in [-0.15, -0.1) is 0 Å². The van der Waals surface area contributed by atoms with Crippen LogP contribution in [-0.4, -0.2) is 21.7 Å². The van der Waals surface area contributed by atoms with Gasteiger partial charge < -0.3 is 4.90 Å². The first-order valence-electron chi connectivity index (χ1n) is 8.58. The Morgan fingerprint density at radius 3 is 2.79 bits per heavy atom. The van der Waals surface area contributed by atoms with Crippen LogP contribution in [0.5, 0.6) is 0 Å². The Bertz CT molecular complexity index is 882. The highest BCUT2D eigenvalue weighted by Gasteiger charge is 2.33. The summed E-state index contributed by atoms with van der Waals surface area (Å²) in [7, 11) is 0. The normalized spacial score (nSPS) is 20.9. The number of nitrogens with one attached hydrogen (secondary N) is 1. The smallest absolute Gasteiger partial charge is 0.157 e. The van der Waals surface area contributed by atoms with Crippen LogP contribution >= 0.6 is 11.6 Å². The Kier molecular flexibility index (Phi) is 3.27. The largest absolute Gasteiger partial charge is 0.363 e. The Hall–Kier alpha value is -2.07. The van der Waals surface area contributed by atoms with Gasteiger partial charge in [0.15, 0.2) is 5.65 Å².